The molecule has 0 unspecified atom stereocenters. The second kappa shape index (κ2) is 10.9. The first kappa shape index (κ1) is 19.4. The highest BCUT2D eigenvalue weighted by atomic mass is 35.5. The van der Waals surface area contributed by atoms with Crippen molar-refractivity contribution in [1.82, 2.24) is 5.32 Å². The predicted octanol–water partition coefficient (Wildman–Crippen LogP) is 4.50. The number of ether oxygens (including phenoxy) is 1. The van der Waals surface area contributed by atoms with E-state index in [2.05, 4.69) is 16.7 Å². The highest BCUT2D eigenvalue weighted by Crippen LogP contribution is 2.14. The van der Waals surface area contributed by atoms with E-state index in [1.807, 2.05) is 18.2 Å². The fraction of sp³-hybridized carbons (Fsp3) is 0.350. The third-order valence-corrected chi connectivity index (χ3v) is 4.07. The van der Waals surface area contributed by atoms with Gasteiger partial charge in [0, 0.05) is 36.5 Å². The largest absolute Gasteiger partial charge is 0.385 e. The average molecular weight is 361 g/mol. The van der Waals surface area contributed by atoms with E-state index < -0.39 is 0 Å². The topological polar surface area (TPSA) is 50.4 Å². The van der Waals surface area contributed by atoms with Gasteiger partial charge in [0.2, 0.25) is 0 Å². The van der Waals surface area contributed by atoms with Crippen LogP contribution in [0.3, 0.4) is 0 Å². The van der Waals surface area contributed by atoms with Crippen LogP contribution in [0, 0.1) is 0 Å². The van der Waals surface area contributed by atoms with E-state index in [4.69, 9.17) is 16.3 Å². The summed E-state index contributed by atoms with van der Waals surface area (Å²) in [5, 5.41) is 6.97. The molecule has 0 saturated carbocycles. The standard InChI is InChI=1S/C20H25ClN2O2/c1-25-13-4-2-3-12-22-15-16-6-5-7-19(14-16)23-20(24)17-8-10-18(21)11-9-17/h5-11,14,22H,2-4,12-13,15H2,1H3,(H,23,24). The zero-order valence-electron chi connectivity index (χ0n) is 14.6. The Morgan fingerprint density at radius 3 is 2.64 bits per heavy atom. The van der Waals surface area contributed by atoms with E-state index in [1.54, 1.807) is 31.4 Å². The van der Waals surface area contributed by atoms with Gasteiger partial charge in [-0.2, -0.15) is 0 Å². The normalized spacial score (nSPS) is 10.6. The van der Waals surface area contributed by atoms with Crippen LogP contribution in [0.4, 0.5) is 5.69 Å². The minimum Gasteiger partial charge on any atom is -0.385 e. The maximum Gasteiger partial charge on any atom is 0.255 e. The van der Waals surface area contributed by atoms with Crippen LogP contribution in [-0.4, -0.2) is 26.2 Å². The Hall–Kier alpha value is -1.88. The molecule has 0 fully saturated rings. The Bertz CT molecular complexity index is 659. The fourth-order valence-corrected chi connectivity index (χ4v) is 2.60. The lowest BCUT2D eigenvalue weighted by Crippen LogP contribution is -2.15. The van der Waals surface area contributed by atoms with Crippen molar-refractivity contribution < 1.29 is 9.53 Å². The number of rotatable bonds is 10. The average Bonchev–Trinajstić information content (AvgIpc) is 2.62. The summed E-state index contributed by atoms with van der Waals surface area (Å²) in [6.45, 7) is 2.59. The molecule has 25 heavy (non-hydrogen) atoms. The number of carbonyl (C=O) groups is 1. The van der Waals surface area contributed by atoms with Crippen molar-refractivity contribution in [2.24, 2.45) is 0 Å². The van der Waals surface area contributed by atoms with Crippen molar-refractivity contribution in [3.05, 3.63) is 64.7 Å². The van der Waals surface area contributed by atoms with Crippen LogP contribution in [0.15, 0.2) is 48.5 Å². The third-order valence-electron chi connectivity index (χ3n) is 3.82. The van der Waals surface area contributed by atoms with Gasteiger partial charge in [-0.3, -0.25) is 4.79 Å². The number of unbranched alkanes of at least 4 members (excludes halogenated alkanes) is 2. The first-order valence-corrected chi connectivity index (χ1v) is 8.92. The van der Waals surface area contributed by atoms with Gasteiger partial charge in [-0.15, -0.1) is 0 Å². The molecule has 0 aliphatic carbocycles. The molecule has 2 aromatic rings. The lowest BCUT2D eigenvalue weighted by Gasteiger charge is -2.09. The number of hydrogen-bond donors (Lipinski definition) is 2. The Morgan fingerprint density at radius 1 is 1.08 bits per heavy atom. The number of hydrogen-bond acceptors (Lipinski definition) is 3. The van der Waals surface area contributed by atoms with Gasteiger partial charge in [-0.05, 0) is 67.8 Å². The summed E-state index contributed by atoms with van der Waals surface area (Å²) in [4.78, 5) is 12.2. The second-order valence-electron chi connectivity index (χ2n) is 5.89. The first-order chi connectivity index (χ1) is 12.2. The van der Waals surface area contributed by atoms with Crippen LogP contribution in [0.2, 0.25) is 5.02 Å². The molecule has 4 nitrogen and oxygen atoms in total. The van der Waals surface area contributed by atoms with Crippen molar-refractivity contribution in [2.75, 3.05) is 25.6 Å². The number of halogens is 1. The fourth-order valence-electron chi connectivity index (χ4n) is 2.47. The van der Waals surface area contributed by atoms with Crippen LogP contribution in [0.1, 0.15) is 35.2 Å². The number of nitrogens with one attached hydrogen (secondary N) is 2. The van der Waals surface area contributed by atoms with Crippen molar-refractivity contribution in [3.63, 3.8) is 0 Å². The van der Waals surface area contributed by atoms with Gasteiger partial charge >= 0.3 is 0 Å². The SMILES string of the molecule is COCCCCCNCc1cccc(NC(=O)c2ccc(Cl)cc2)c1. The minimum atomic E-state index is -0.139. The Balaban J connectivity index is 1.78. The number of amides is 1. The smallest absolute Gasteiger partial charge is 0.255 e. The maximum atomic E-state index is 12.2. The van der Waals surface area contributed by atoms with Gasteiger partial charge in [0.25, 0.3) is 5.91 Å². The number of anilines is 1. The Kier molecular flexibility index (Phi) is 8.46. The molecular formula is C20H25ClN2O2. The van der Waals surface area contributed by atoms with Gasteiger partial charge in [0.05, 0.1) is 0 Å². The monoisotopic (exact) mass is 360 g/mol. The van der Waals surface area contributed by atoms with E-state index >= 15 is 0 Å². The molecular weight excluding hydrogens is 336 g/mol. The van der Waals surface area contributed by atoms with Crippen LogP contribution >= 0.6 is 11.6 Å². The van der Waals surface area contributed by atoms with Crippen molar-refractivity contribution in [2.45, 2.75) is 25.8 Å². The molecule has 0 spiro atoms. The molecule has 5 heteroatoms. The molecule has 0 atom stereocenters. The number of methoxy groups -OCH3 is 1. The van der Waals surface area contributed by atoms with E-state index in [1.165, 1.54) is 0 Å². The van der Waals surface area contributed by atoms with Gasteiger partial charge in [-0.1, -0.05) is 23.7 Å². The molecule has 2 rings (SSSR count). The van der Waals surface area contributed by atoms with E-state index in [0.29, 0.717) is 10.6 Å². The Labute approximate surface area is 154 Å². The molecule has 0 aromatic heterocycles. The quantitative estimate of drug-likeness (QED) is 0.613. The number of carbonyl (C=O) groups excluding carboxylic acids is 1. The summed E-state index contributed by atoms with van der Waals surface area (Å²) in [6, 6.07) is 14.7. The molecule has 1 amide bonds. The lowest BCUT2D eigenvalue weighted by molar-refractivity contribution is 0.102. The molecule has 2 N–H and O–H groups in total. The van der Waals surface area contributed by atoms with Crippen LogP contribution in [0.25, 0.3) is 0 Å². The summed E-state index contributed by atoms with van der Waals surface area (Å²) in [5.74, 6) is -0.139. The highest BCUT2D eigenvalue weighted by molar-refractivity contribution is 6.30. The zero-order chi connectivity index (χ0) is 17.9. The van der Waals surface area contributed by atoms with E-state index in [9.17, 15) is 4.79 Å². The maximum absolute atomic E-state index is 12.2. The molecule has 2 aromatic carbocycles. The minimum absolute atomic E-state index is 0.139. The van der Waals surface area contributed by atoms with Gasteiger partial charge in [0.15, 0.2) is 0 Å². The lowest BCUT2D eigenvalue weighted by atomic mass is 10.1. The summed E-state index contributed by atoms with van der Waals surface area (Å²) >= 11 is 5.85. The molecule has 0 radical (unpaired) electrons. The molecule has 0 aliphatic heterocycles. The van der Waals surface area contributed by atoms with Gasteiger partial charge < -0.3 is 15.4 Å². The van der Waals surface area contributed by atoms with Gasteiger partial charge in [-0.25, -0.2) is 0 Å². The van der Waals surface area contributed by atoms with Crippen LogP contribution in [0.5, 0.6) is 0 Å². The first-order valence-electron chi connectivity index (χ1n) is 8.54. The zero-order valence-corrected chi connectivity index (χ0v) is 15.3. The predicted molar refractivity (Wildman–Crippen MR) is 103 cm³/mol. The summed E-state index contributed by atoms with van der Waals surface area (Å²) in [5.41, 5.74) is 2.52. The highest BCUT2D eigenvalue weighted by Gasteiger charge is 2.06. The van der Waals surface area contributed by atoms with E-state index in [-0.39, 0.29) is 5.91 Å². The molecule has 0 aliphatic rings. The Morgan fingerprint density at radius 2 is 1.88 bits per heavy atom. The van der Waals surface area contributed by atoms with Crippen LogP contribution in [-0.2, 0) is 11.3 Å². The molecule has 0 bridgehead atoms. The van der Waals surface area contributed by atoms with Gasteiger partial charge in [0.1, 0.15) is 0 Å². The third kappa shape index (κ3) is 7.26. The van der Waals surface area contributed by atoms with Crippen LogP contribution < -0.4 is 10.6 Å². The van der Waals surface area contributed by atoms with E-state index in [0.717, 1.165) is 50.2 Å². The second-order valence-corrected chi connectivity index (χ2v) is 6.33. The molecule has 0 heterocycles. The number of benzene rings is 2. The van der Waals surface area contributed by atoms with Crippen molar-refractivity contribution in [1.29, 1.82) is 0 Å². The summed E-state index contributed by atoms with van der Waals surface area (Å²) in [7, 11) is 1.73. The molecule has 134 valence electrons. The molecule has 0 saturated heterocycles. The summed E-state index contributed by atoms with van der Waals surface area (Å²) in [6.07, 6.45) is 3.40. The van der Waals surface area contributed by atoms with Crippen molar-refractivity contribution in [3.8, 4) is 0 Å². The summed E-state index contributed by atoms with van der Waals surface area (Å²) < 4.78 is 5.04. The van der Waals surface area contributed by atoms with Crippen molar-refractivity contribution >= 4 is 23.2 Å².